The second-order valence-electron chi connectivity index (χ2n) is 5.23. The van der Waals surface area contributed by atoms with Crippen LogP contribution in [0.3, 0.4) is 0 Å². The number of hydrogen-bond donors (Lipinski definition) is 2. The summed E-state index contributed by atoms with van der Waals surface area (Å²) in [6.45, 7) is 8.93. The number of rotatable bonds is 3. The number of carbonyl (C=O) groups is 1. The molecule has 0 saturated carbocycles. The molecule has 2 N–H and O–H groups in total. The molecule has 14 heavy (non-hydrogen) atoms. The van der Waals surface area contributed by atoms with E-state index >= 15 is 0 Å². The van der Waals surface area contributed by atoms with E-state index in [2.05, 4.69) is 0 Å². The van der Waals surface area contributed by atoms with Gasteiger partial charge in [0.25, 0.3) is 0 Å². The van der Waals surface area contributed by atoms with Crippen molar-refractivity contribution in [3.05, 3.63) is 0 Å². The van der Waals surface area contributed by atoms with Gasteiger partial charge in [-0.05, 0) is 19.3 Å². The van der Waals surface area contributed by atoms with Gasteiger partial charge in [-0.1, -0.05) is 20.8 Å². The van der Waals surface area contributed by atoms with Crippen LogP contribution < -0.4 is 0 Å². The van der Waals surface area contributed by atoms with Gasteiger partial charge in [0.05, 0.1) is 6.61 Å². The maximum atomic E-state index is 11.4. The summed E-state index contributed by atoms with van der Waals surface area (Å²) in [5.74, 6) is -0.595. The van der Waals surface area contributed by atoms with E-state index in [1.165, 1.54) is 13.8 Å². The smallest absolute Gasteiger partial charge is 0.316 e. The summed E-state index contributed by atoms with van der Waals surface area (Å²) in [5.41, 5.74) is -1.39. The number of aliphatic hydroxyl groups excluding tert-OH is 1. The quantitative estimate of drug-likeness (QED) is 0.529. The molecule has 0 unspecified atom stereocenters. The van der Waals surface area contributed by atoms with E-state index in [1.54, 1.807) is 0 Å². The average Bonchev–Trinajstić information content (AvgIpc) is 1.98. The van der Waals surface area contributed by atoms with Crippen LogP contribution in [0.2, 0.25) is 0 Å². The van der Waals surface area contributed by atoms with E-state index < -0.39 is 17.7 Å². The Morgan fingerprint density at radius 3 is 1.93 bits per heavy atom. The summed E-state index contributed by atoms with van der Waals surface area (Å²) >= 11 is 0. The zero-order chi connectivity index (χ0) is 11.6. The predicted molar refractivity (Wildman–Crippen MR) is 52.4 cm³/mol. The molecule has 0 atom stereocenters. The van der Waals surface area contributed by atoms with E-state index in [-0.39, 0.29) is 12.0 Å². The van der Waals surface area contributed by atoms with Gasteiger partial charge in [-0.25, -0.2) is 0 Å². The number of ether oxygens (including phenoxy) is 1. The van der Waals surface area contributed by atoms with Crippen molar-refractivity contribution in [2.24, 2.45) is 10.8 Å². The van der Waals surface area contributed by atoms with E-state index in [4.69, 9.17) is 14.9 Å². The lowest BCUT2D eigenvalue weighted by molar-refractivity contribution is -0.182. The number of esters is 1. The molecule has 0 aliphatic rings. The zero-order valence-corrected chi connectivity index (χ0v) is 9.50. The highest BCUT2D eigenvalue weighted by atomic mass is 16.5. The van der Waals surface area contributed by atoms with Crippen LogP contribution in [0, 0.1) is 10.8 Å². The highest BCUT2D eigenvalue weighted by Crippen LogP contribution is 2.23. The lowest BCUT2D eigenvalue weighted by Gasteiger charge is -2.26. The van der Waals surface area contributed by atoms with Crippen LogP contribution in [0.25, 0.3) is 0 Å². The van der Waals surface area contributed by atoms with Crippen LogP contribution in [0.15, 0.2) is 0 Å². The Balaban J connectivity index is 4.23. The molecule has 0 aliphatic carbocycles. The molecule has 0 rings (SSSR count). The molecule has 0 bridgehead atoms. The van der Waals surface area contributed by atoms with Crippen LogP contribution in [-0.4, -0.2) is 29.1 Å². The average molecular weight is 204 g/mol. The fraction of sp³-hybridized carbons (Fsp3) is 0.900. The molecule has 0 fully saturated rings. The minimum absolute atomic E-state index is 0.119. The summed E-state index contributed by atoms with van der Waals surface area (Å²) in [7, 11) is 0. The molecule has 0 heterocycles. The Bertz CT molecular complexity index is 201. The van der Waals surface area contributed by atoms with Gasteiger partial charge >= 0.3 is 5.97 Å². The van der Waals surface area contributed by atoms with Gasteiger partial charge in [-0.15, -0.1) is 0 Å². The predicted octanol–water partition coefficient (Wildman–Crippen LogP) is 0.913. The van der Waals surface area contributed by atoms with Gasteiger partial charge in [-0.2, -0.15) is 0 Å². The first-order valence-corrected chi connectivity index (χ1v) is 4.61. The van der Waals surface area contributed by atoms with Crippen molar-refractivity contribution < 1.29 is 19.7 Å². The van der Waals surface area contributed by atoms with Crippen molar-refractivity contribution in [2.75, 3.05) is 6.61 Å². The van der Waals surface area contributed by atoms with Gasteiger partial charge in [-0.3, -0.25) is 4.79 Å². The lowest BCUT2D eigenvalue weighted by Crippen LogP contribution is -2.39. The third kappa shape index (κ3) is 4.07. The third-order valence-corrected chi connectivity index (χ3v) is 1.81. The Kier molecular flexibility index (Phi) is 4.09. The standard InChI is InChI=1S/C10H20O4/c1-9(2,3)6-14-8(13)10(4,5)7(11)12/h7,11-12H,6H2,1-5H3. The molecule has 0 aromatic heterocycles. The van der Waals surface area contributed by atoms with Crippen molar-refractivity contribution in [1.29, 1.82) is 0 Å². The van der Waals surface area contributed by atoms with Crippen LogP contribution in [-0.2, 0) is 9.53 Å². The molecule has 84 valence electrons. The molecule has 4 heteroatoms. The Morgan fingerprint density at radius 1 is 1.21 bits per heavy atom. The zero-order valence-electron chi connectivity index (χ0n) is 9.50. The SMILES string of the molecule is CC(C)(C)COC(=O)C(C)(C)C(O)O. The Morgan fingerprint density at radius 2 is 1.64 bits per heavy atom. The van der Waals surface area contributed by atoms with Crippen molar-refractivity contribution in [1.82, 2.24) is 0 Å². The topological polar surface area (TPSA) is 66.8 Å². The van der Waals surface area contributed by atoms with Crippen molar-refractivity contribution in [3.63, 3.8) is 0 Å². The highest BCUT2D eigenvalue weighted by molar-refractivity contribution is 5.76. The third-order valence-electron chi connectivity index (χ3n) is 1.81. The minimum Gasteiger partial charge on any atom is -0.465 e. The molecule has 0 saturated heterocycles. The van der Waals surface area contributed by atoms with Crippen molar-refractivity contribution in [3.8, 4) is 0 Å². The first kappa shape index (κ1) is 13.4. The van der Waals surface area contributed by atoms with Gasteiger partial charge in [0.1, 0.15) is 5.41 Å². The van der Waals surface area contributed by atoms with Crippen LogP contribution in [0.4, 0.5) is 0 Å². The second-order valence-corrected chi connectivity index (χ2v) is 5.23. The van der Waals surface area contributed by atoms with Gasteiger partial charge < -0.3 is 14.9 Å². The summed E-state index contributed by atoms with van der Waals surface area (Å²) in [6.07, 6.45) is -1.70. The first-order chi connectivity index (χ1) is 6.07. The summed E-state index contributed by atoms with van der Waals surface area (Å²) in [4.78, 5) is 11.4. The molecule has 0 radical (unpaired) electrons. The van der Waals surface area contributed by atoms with Crippen molar-refractivity contribution >= 4 is 5.97 Å². The number of aliphatic hydroxyl groups is 2. The summed E-state index contributed by atoms with van der Waals surface area (Å²) in [5, 5.41) is 17.9. The Labute approximate surface area is 84.9 Å². The molecular formula is C10H20O4. The maximum absolute atomic E-state index is 11.4. The number of hydrogen-bond acceptors (Lipinski definition) is 4. The fourth-order valence-corrected chi connectivity index (χ4v) is 0.573. The second kappa shape index (κ2) is 4.28. The first-order valence-electron chi connectivity index (χ1n) is 4.61. The molecule has 0 aromatic carbocycles. The number of carbonyl (C=O) groups excluding carboxylic acids is 1. The minimum atomic E-state index is -1.70. The molecular weight excluding hydrogens is 184 g/mol. The maximum Gasteiger partial charge on any atom is 0.316 e. The molecule has 4 nitrogen and oxygen atoms in total. The van der Waals surface area contributed by atoms with Crippen LogP contribution in [0.1, 0.15) is 34.6 Å². The van der Waals surface area contributed by atoms with Crippen LogP contribution >= 0.6 is 0 Å². The van der Waals surface area contributed by atoms with E-state index in [1.807, 2.05) is 20.8 Å². The fourth-order valence-electron chi connectivity index (χ4n) is 0.573. The molecule has 0 aromatic rings. The van der Waals surface area contributed by atoms with Crippen LogP contribution in [0.5, 0.6) is 0 Å². The Hall–Kier alpha value is -0.610. The lowest BCUT2D eigenvalue weighted by atomic mass is 9.92. The van der Waals surface area contributed by atoms with E-state index in [0.29, 0.717) is 0 Å². The van der Waals surface area contributed by atoms with E-state index in [0.717, 1.165) is 0 Å². The van der Waals surface area contributed by atoms with Crippen molar-refractivity contribution in [2.45, 2.75) is 40.9 Å². The molecule has 0 aliphatic heterocycles. The van der Waals surface area contributed by atoms with Gasteiger partial charge in [0, 0.05) is 0 Å². The van der Waals surface area contributed by atoms with E-state index in [9.17, 15) is 4.79 Å². The highest BCUT2D eigenvalue weighted by Gasteiger charge is 2.36. The molecule has 0 amide bonds. The largest absolute Gasteiger partial charge is 0.465 e. The monoisotopic (exact) mass is 204 g/mol. The summed E-state index contributed by atoms with van der Waals surface area (Å²) < 4.78 is 4.97. The normalized spacial score (nSPS) is 13.1. The molecule has 0 spiro atoms. The van der Waals surface area contributed by atoms with Gasteiger partial charge in [0.15, 0.2) is 6.29 Å². The van der Waals surface area contributed by atoms with Gasteiger partial charge in [0.2, 0.25) is 0 Å². The summed E-state index contributed by atoms with van der Waals surface area (Å²) in [6, 6.07) is 0.